The number of halogens is 1. The summed E-state index contributed by atoms with van der Waals surface area (Å²) in [4.78, 5) is 15.2. The Morgan fingerprint density at radius 2 is 2.23 bits per heavy atom. The molecule has 3 rings (SSSR count). The van der Waals surface area contributed by atoms with Crippen molar-refractivity contribution >= 4 is 34.7 Å². The number of aryl methyl sites for hydroxylation is 2. The minimum Gasteiger partial charge on any atom is -0.478 e. The molecule has 7 heteroatoms. The van der Waals surface area contributed by atoms with Crippen LogP contribution in [0.25, 0.3) is 22.9 Å². The zero-order valence-electron chi connectivity index (χ0n) is 12.0. The summed E-state index contributed by atoms with van der Waals surface area (Å²) in [5, 5.41) is 14.6. The molecular weight excluding hydrogens is 304 g/mol. The molecule has 0 atom stereocenters. The molecule has 0 aliphatic carbocycles. The van der Waals surface area contributed by atoms with Gasteiger partial charge < -0.3 is 5.11 Å². The molecule has 0 bridgehead atoms. The van der Waals surface area contributed by atoms with Crippen molar-refractivity contribution in [1.82, 2.24) is 19.3 Å². The smallest absolute Gasteiger partial charge is 0.328 e. The summed E-state index contributed by atoms with van der Waals surface area (Å²) in [6.45, 7) is 1.83. The average molecular weight is 317 g/mol. The number of hydrogen-bond acceptors (Lipinski definition) is 3. The van der Waals surface area contributed by atoms with E-state index in [1.807, 2.05) is 23.6 Å². The fourth-order valence-corrected chi connectivity index (χ4v) is 2.72. The number of carboxylic acids is 1. The maximum absolute atomic E-state index is 10.8. The maximum atomic E-state index is 10.8. The third-order valence-corrected chi connectivity index (χ3v) is 3.67. The Kier molecular flexibility index (Phi) is 3.46. The van der Waals surface area contributed by atoms with Crippen LogP contribution in [0.1, 0.15) is 11.3 Å². The molecule has 0 saturated heterocycles. The molecule has 0 aliphatic rings. The predicted molar refractivity (Wildman–Crippen MR) is 84.3 cm³/mol. The number of pyridine rings is 1. The molecule has 0 fully saturated rings. The highest BCUT2D eigenvalue weighted by atomic mass is 35.5. The molecule has 3 aromatic rings. The number of aromatic nitrogens is 4. The minimum atomic E-state index is -1.01. The lowest BCUT2D eigenvalue weighted by Gasteiger charge is -2.06. The minimum absolute atomic E-state index is 0.579. The molecule has 0 amide bonds. The van der Waals surface area contributed by atoms with Crippen LogP contribution in [-0.4, -0.2) is 30.4 Å². The van der Waals surface area contributed by atoms with Crippen LogP contribution in [0.15, 0.2) is 30.6 Å². The number of fused-ring (bicyclic) bond motifs is 1. The van der Waals surface area contributed by atoms with Gasteiger partial charge >= 0.3 is 5.97 Å². The van der Waals surface area contributed by atoms with Gasteiger partial charge in [-0.2, -0.15) is 5.10 Å². The first-order valence-corrected chi connectivity index (χ1v) is 6.93. The third kappa shape index (κ3) is 2.27. The zero-order chi connectivity index (χ0) is 15.9. The van der Waals surface area contributed by atoms with Crippen LogP contribution in [0.3, 0.4) is 0 Å². The van der Waals surface area contributed by atoms with Crippen molar-refractivity contribution in [3.8, 4) is 5.82 Å². The Balaban J connectivity index is 2.29. The summed E-state index contributed by atoms with van der Waals surface area (Å²) in [7, 11) is 1.79. The van der Waals surface area contributed by atoms with E-state index in [0.717, 1.165) is 17.2 Å². The largest absolute Gasteiger partial charge is 0.478 e. The summed E-state index contributed by atoms with van der Waals surface area (Å²) in [6, 6.07) is 3.70. The number of carbonyl (C=O) groups is 1. The monoisotopic (exact) mass is 316 g/mol. The van der Waals surface area contributed by atoms with Gasteiger partial charge in [-0.05, 0) is 25.1 Å². The fraction of sp³-hybridized carbons (Fsp3) is 0.133. The highest BCUT2D eigenvalue weighted by Gasteiger charge is 2.17. The number of carboxylic acid groups (broad SMARTS) is 1. The summed E-state index contributed by atoms with van der Waals surface area (Å²) in [5.41, 5.74) is 2.13. The topological polar surface area (TPSA) is 72.9 Å². The van der Waals surface area contributed by atoms with Gasteiger partial charge in [-0.15, -0.1) is 0 Å². The zero-order valence-corrected chi connectivity index (χ0v) is 12.7. The van der Waals surface area contributed by atoms with Crippen LogP contribution >= 0.6 is 11.6 Å². The lowest BCUT2D eigenvalue weighted by atomic mass is 10.2. The van der Waals surface area contributed by atoms with Crippen LogP contribution < -0.4 is 0 Å². The van der Waals surface area contributed by atoms with Gasteiger partial charge in [0.25, 0.3) is 0 Å². The Bertz CT molecular complexity index is 908. The highest BCUT2D eigenvalue weighted by molar-refractivity contribution is 6.35. The van der Waals surface area contributed by atoms with E-state index in [-0.39, 0.29) is 0 Å². The molecule has 3 aromatic heterocycles. The van der Waals surface area contributed by atoms with E-state index in [0.29, 0.717) is 22.1 Å². The van der Waals surface area contributed by atoms with Gasteiger partial charge in [0.05, 0.1) is 10.7 Å². The number of nitrogens with zero attached hydrogens (tertiary/aromatic N) is 4. The standard InChI is InChI=1S/C15H13ClN4O2/c1-9-10(5-6-13(21)22)15(19(2)18-9)20-8-12(16)11-4-3-7-17-14(11)20/h3-8H,1-2H3,(H,21,22)/b6-5+. The fourth-order valence-electron chi connectivity index (χ4n) is 2.48. The molecule has 3 heterocycles. The summed E-state index contributed by atoms with van der Waals surface area (Å²) in [6.07, 6.45) is 6.07. The van der Waals surface area contributed by atoms with Gasteiger partial charge in [0, 0.05) is 36.5 Å². The molecule has 6 nitrogen and oxygen atoms in total. The van der Waals surface area contributed by atoms with E-state index in [9.17, 15) is 4.79 Å². The van der Waals surface area contributed by atoms with Crippen molar-refractivity contribution in [3.63, 3.8) is 0 Å². The molecule has 22 heavy (non-hydrogen) atoms. The first-order valence-electron chi connectivity index (χ1n) is 6.55. The molecule has 0 saturated carbocycles. The van der Waals surface area contributed by atoms with Gasteiger partial charge in [-0.3, -0.25) is 9.25 Å². The number of aliphatic carboxylic acids is 1. The Labute approximate surface area is 131 Å². The first kappa shape index (κ1) is 14.3. The van der Waals surface area contributed by atoms with E-state index >= 15 is 0 Å². The van der Waals surface area contributed by atoms with Crippen LogP contribution in [-0.2, 0) is 11.8 Å². The molecule has 0 spiro atoms. The second-order valence-electron chi connectivity index (χ2n) is 4.84. The Morgan fingerprint density at radius 1 is 1.45 bits per heavy atom. The molecule has 112 valence electrons. The highest BCUT2D eigenvalue weighted by Crippen LogP contribution is 2.29. The first-order chi connectivity index (χ1) is 10.5. The quantitative estimate of drug-likeness (QED) is 0.754. The summed E-state index contributed by atoms with van der Waals surface area (Å²) >= 11 is 6.26. The maximum Gasteiger partial charge on any atom is 0.328 e. The molecule has 0 radical (unpaired) electrons. The molecule has 0 unspecified atom stereocenters. The SMILES string of the molecule is Cc1nn(C)c(-n2cc(Cl)c3cccnc32)c1/C=C/C(=O)O. The predicted octanol–water partition coefficient (Wildman–Crippen LogP) is 2.82. The number of rotatable bonds is 3. The number of hydrogen-bond donors (Lipinski definition) is 1. The Hall–Kier alpha value is -2.60. The van der Waals surface area contributed by atoms with Crippen molar-refractivity contribution in [1.29, 1.82) is 0 Å². The van der Waals surface area contributed by atoms with Crippen LogP contribution in [0, 0.1) is 6.92 Å². The molecule has 0 aromatic carbocycles. The van der Waals surface area contributed by atoms with Crippen molar-refractivity contribution in [2.24, 2.45) is 7.05 Å². The summed E-state index contributed by atoms with van der Waals surface area (Å²) < 4.78 is 3.50. The molecule has 0 aliphatic heterocycles. The van der Waals surface area contributed by atoms with E-state index in [1.165, 1.54) is 6.08 Å². The van der Waals surface area contributed by atoms with Crippen LogP contribution in [0.2, 0.25) is 5.02 Å². The van der Waals surface area contributed by atoms with E-state index in [1.54, 1.807) is 24.1 Å². The molecule has 1 N–H and O–H groups in total. The van der Waals surface area contributed by atoms with E-state index in [4.69, 9.17) is 16.7 Å². The van der Waals surface area contributed by atoms with Gasteiger partial charge in [-0.25, -0.2) is 9.78 Å². The molecular formula is C15H13ClN4O2. The third-order valence-electron chi connectivity index (χ3n) is 3.37. The summed E-state index contributed by atoms with van der Waals surface area (Å²) in [5.74, 6) is -0.298. The van der Waals surface area contributed by atoms with Gasteiger partial charge in [-0.1, -0.05) is 11.6 Å². The normalized spacial score (nSPS) is 11.6. The van der Waals surface area contributed by atoms with E-state index < -0.39 is 5.97 Å². The average Bonchev–Trinajstić information content (AvgIpc) is 2.94. The van der Waals surface area contributed by atoms with Crippen molar-refractivity contribution < 1.29 is 9.90 Å². The lowest BCUT2D eigenvalue weighted by Crippen LogP contribution is -2.03. The second-order valence-corrected chi connectivity index (χ2v) is 5.25. The van der Waals surface area contributed by atoms with Gasteiger partial charge in [0.2, 0.25) is 0 Å². The van der Waals surface area contributed by atoms with Crippen LogP contribution in [0.5, 0.6) is 0 Å². The Morgan fingerprint density at radius 3 is 2.95 bits per heavy atom. The van der Waals surface area contributed by atoms with Crippen molar-refractivity contribution in [3.05, 3.63) is 46.9 Å². The van der Waals surface area contributed by atoms with Crippen molar-refractivity contribution in [2.45, 2.75) is 6.92 Å². The lowest BCUT2D eigenvalue weighted by molar-refractivity contribution is -0.131. The van der Waals surface area contributed by atoms with Crippen LogP contribution in [0.4, 0.5) is 0 Å². The van der Waals surface area contributed by atoms with Gasteiger partial charge in [0.15, 0.2) is 0 Å². The van der Waals surface area contributed by atoms with E-state index in [2.05, 4.69) is 10.1 Å². The van der Waals surface area contributed by atoms with Crippen molar-refractivity contribution in [2.75, 3.05) is 0 Å². The van der Waals surface area contributed by atoms with Gasteiger partial charge in [0.1, 0.15) is 11.5 Å². The second kappa shape index (κ2) is 5.31.